The summed E-state index contributed by atoms with van der Waals surface area (Å²) in [5.74, 6) is -1.11. The average Bonchev–Trinajstić information content (AvgIpc) is 3.17. The standard InChI is InChI=1S/C31H43F2N5O2/c1-20-15-37(26(14-34-20)16-36-9-10-40-18-21(36)2)17-29(39)38-19-31(4,5)30-28(38)12-24(22(3)35(30)6)11-23-7-8-25(32)13-27(23)33/h7-8,12-13,20-21,26,34H,3,9-11,14-19H2,1-2,4-6H3/t20-,21-,26-/m1/s1. The molecule has 9 heteroatoms. The highest BCUT2D eigenvalue weighted by Gasteiger charge is 2.44. The summed E-state index contributed by atoms with van der Waals surface area (Å²) in [6.07, 6.45) is 2.25. The molecule has 1 amide bonds. The molecular weight excluding hydrogens is 512 g/mol. The molecule has 2 fully saturated rings. The van der Waals surface area contributed by atoms with Gasteiger partial charge in [-0.3, -0.25) is 14.6 Å². The molecule has 40 heavy (non-hydrogen) atoms. The van der Waals surface area contributed by atoms with Crippen molar-refractivity contribution in [3.8, 4) is 0 Å². The second-order valence-electron chi connectivity index (χ2n) is 12.5. The third kappa shape index (κ3) is 5.75. The molecule has 2 saturated heterocycles. The van der Waals surface area contributed by atoms with Crippen LogP contribution >= 0.6 is 0 Å². The lowest BCUT2D eigenvalue weighted by Gasteiger charge is -2.43. The minimum atomic E-state index is -0.599. The third-order valence-electron chi connectivity index (χ3n) is 8.86. The van der Waals surface area contributed by atoms with Crippen molar-refractivity contribution in [1.29, 1.82) is 0 Å². The summed E-state index contributed by atoms with van der Waals surface area (Å²) in [6, 6.07) is 4.55. The highest BCUT2D eigenvalue weighted by Crippen LogP contribution is 2.46. The summed E-state index contributed by atoms with van der Waals surface area (Å²) >= 11 is 0. The molecule has 4 aliphatic rings. The molecule has 3 atom stereocenters. The molecule has 5 rings (SSSR count). The molecule has 7 nitrogen and oxygen atoms in total. The van der Waals surface area contributed by atoms with E-state index < -0.39 is 11.6 Å². The van der Waals surface area contributed by atoms with Gasteiger partial charge in [0, 0.05) is 87.2 Å². The Labute approximate surface area is 237 Å². The topological polar surface area (TPSA) is 51.3 Å². The van der Waals surface area contributed by atoms with Gasteiger partial charge in [0.15, 0.2) is 0 Å². The van der Waals surface area contributed by atoms with E-state index in [0.717, 1.165) is 68.1 Å². The molecule has 0 bridgehead atoms. The van der Waals surface area contributed by atoms with Crippen LogP contribution < -0.4 is 5.32 Å². The maximum atomic E-state index is 14.5. The first-order valence-corrected chi connectivity index (χ1v) is 14.4. The summed E-state index contributed by atoms with van der Waals surface area (Å²) in [5.41, 5.74) is 3.60. The minimum absolute atomic E-state index is 0.0664. The molecule has 218 valence electrons. The molecule has 1 aromatic carbocycles. The molecule has 0 spiro atoms. The van der Waals surface area contributed by atoms with Gasteiger partial charge in [-0.1, -0.05) is 26.5 Å². The number of ether oxygens (including phenoxy) is 1. The largest absolute Gasteiger partial charge is 0.379 e. The average molecular weight is 556 g/mol. The number of carbonyl (C=O) groups is 1. The van der Waals surface area contributed by atoms with Crippen molar-refractivity contribution < 1.29 is 18.3 Å². The van der Waals surface area contributed by atoms with Crippen LogP contribution in [0.2, 0.25) is 0 Å². The second-order valence-corrected chi connectivity index (χ2v) is 12.5. The maximum Gasteiger partial charge on any atom is 0.241 e. The highest BCUT2D eigenvalue weighted by molar-refractivity contribution is 5.82. The Bertz CT molecular complexity index is 1230. The van der Waals surface area contributed by atoms with Gasteiger partial charge in [-0.2, -0.15) is 0 Å². The molecule has 1 N–H and O–H groups in total. The number of nitrogens with one attached hydrogen (secondary N) is 1. The number of hydrogen-bond acceptors (Lipinski definition) is 6. The molecule has 0 aliphatic carbocycles. The van der Waals surface area contributed by atoms with Gasteiger partial charge in [-0.25, -0.2) is 8.78 Å². The van der Waals surface area contributed by atoms with Crippen LogP contribution in [0, 0.1) is 17.0 Å². The zero-order chi connectivity index (χ0) is 28.8. The lowest BCUT2D eigenvalue weighted by molar-refractivity contribution is -0.131. The van der Waals surface area contributed by atoms with E-state index in [1.54, 1.807) is 0 Å². The molecule has 0 saturated carbocycles. The van der Waals surface area contributed by atoms with E-state index in [1.165, 1.54) is 12.1 Å². The highest BCUT2D eigenvalue weighted by atomic mass is 19.1. The van der Waals surface area contributed by atoms with E-state index in [0.29, 0.717) is 30.7 Å². The van der Waals surface area contributed by atoms with E-state index in [-0.39, 0.29) is 23.8 Å². The molecule has 0 unspecified atom stereocenters. The number of nitrogens with zero attached hydrogens (tertiary/aromatic N) is 4. The van der Waals surface area contributed by atoms with Gasteiger partial charge >= 0.3 is 0 Å². The van der Waals surface area contributed by atoms with Crippen LogP contribution in [-0.4, -0.2) is 103 Å². The number of hydrogen-bond donors (Lipinski definition) is 1. The Hall–Kier alpha value is -2.59. The fraction of sp³-hybridized carbons (Fsp3) is 0.581. The van der Waals surface area contributed by atoms with E-state index in [2.05, 4.69) is 49.4 Å². The fourth-order valence-electron chi connectivity index (χ4n) is 6.61. The normalized spacial score (nSPS) is 27.7. The smallest absolute Gasteiger partial charge is 0.241 e. The van der Waals surface area contributed by atoms with Crippen LogP contribution in [0.4, 0.5) is 8.78 Å². The number of amides is 1. The molecule has 0 aromatic heterocycles. The third-order valence-corrected chi connectivity index (χ3v) is 8.86. The summed E-state index contributed by atoms with van der Waals surface area (Å²) in [5, 5.41) is 3.60. The minimum Gasteiger partial charge on any atom is -0.379 e. The van der Waals surface area contributed by atoms with E-state index in [9.17, 15) is 13.6 Å². The van der Waals surface area contributed by atoms with Gasteiger partial charge in [0.2, 0.25) is 5.91 Å². The lowest BCUT2D eigenvalue weighted by Crippen LogP contribution is -2.62. The van der Waals surface area contributed by atoms with E-state index >= 15 is 0 Å². The summed E-state index contributed by atoms with van der Waals surface area (Å²) < 4.78 is 33.7. The van der Waals surface area contributed by atoms with Gasteiger partial charge in [-0.05, 0) is 37.1 Å². The van der Waals surface area contributed by atoms with Gasteiger partial charge in [0.25, 0.3) is 0 Å². The number of allylic oxidation sites excluding steroid dienone is 2. The Morgan fingerprint density at radius 2 is 2.00 bits per heavy atom. The first-order valence-electron chi connectivity index (χ1n) is 14.4. The Morgan fingerprint density at radius 1 is 1.23 bits per heavy atom. The molecule has 4 aliphatic heterocycles. The van der Waals surface area contributed by atoms with Crippen LogP contribution in [-0.2, 0) is 16.0 Å². The number of likely N-dealkylation sites (N-methyl/N-ethyl adjacent to an activating group) is 1. The number of rotatable bonds is 6. The number of benzene rings is 1. The monoisotopic (exact) mass is 555 g/mol. The van der Waals surface area contributed by atoms with Crippen LogP contribution in [0.1, 0.15) is 33.3 Å². The zero-order valence-electron chi connectivity index (χ0n) is 24.5. The first kappa shape index (κ1) is 28.9. The Kier molecular flexibility index (Phi) is 8.21. The number of piperazine rings is 1. The maximum absolute atomic E-state index is 14.5. The van der Waals surface area contributed by atoms with Crippen molar-refractivity contribution in [2.45, 2.75) is 52.2 Å². The fourth-order valence-corrected chi connectivity index (χ4v) is 6.61. The Morgan fingerprint density at radius 3 is 2.73 bits per heavy atom. The molecule has 1 aromatic rings. The zero-order valence-corrected chi connectivity index (χ0v) is 24.5. The predicted molar refractivity (Wildman–Crippen MR) is 152 cm³/mol. The number of carbonyl (C=O) groups excluding carboxylic acids is 1. The van der Waals surface area contributed by atoms with Gasteiger partial charge in [-0.15, -0.1) is 0 Å². The predicted octanol–water partition coefficient (Wildman–Crippen LogP) is 3.36. The van der Waals surface area contributed by atoms with Crippen LogP contribution in [0.25, 0.3) is 0 Å². The van der Waals surface area contributed by atoms with Crippen LogP contribution in [0.15, 0.2) is 53.5 Å². The first-order chi connectivity index (χ1) is 18.9. The van der Waals surface area contributed by atoms with Gasteiger partial charge in [0.05, 0.1) is 25.5 Å². The molecule has 4 heterocycles. The van der Waals surface area contributed by atoms with Crippen molar-refractivity contribution in [2.24, 2.45) is 5.41 Å². The van der Waals surface area contributed by atoms with Crippen LogP contribution in [0.5, 0.6) is 0 Å². The van der Waals surface area contributed by atoms with Gasteiger partial charge < -0.3 is 19.9 Å². The van der Waals surface area contributed by atoms with Crippen molar-refractivity contribution in [1.82, 2.24) is 24.9 Å². The quantitative estimate of drug-likeness (QED) is 0.581. The number of halogens is 2. The van der Waals surface area contributed by atoms with Gasteiger partial charge in [0.1, 0.15) is 11.6 Å². The summed E-state index contributed by atoms with van der Waals surface area (Å²) in [6.45, 7) is 18.8. The van der Waals surface area contributed by atoms with Crippen molar-refractivity contribution in [3.05, 3.63) is 70.7 Å². The number of morpholine rings is 1. The van der Waals surface area contributed by atoms with E-state index in [4.69, 9.17) is 4.74 Å². The van der Waals surface area contributed by atoms with Crippen LogP contribution in [0.3, 0.4) is 0 Å². The summed E-state index contributed by atoms with van der Waals surface area (Å²) in [7, 11) is 1.96. The lowest BCUT2D eigenvalue weighted by atomic mass is 9.87. The Balaban J connectivity index is 1.38. The van der Waals surface area contributed by atoms with Crippen molar-refractivity contribution in [3.63, 3.8) is 0 Å². The van der Waals surface area contributed by atoms with Crippen molar-refractivity contribution >= 4 is 5.91 Å². The molecular formula is C31H43F2N5O2. The molecule has 0 radical (unpaired) electrons. The second kappa shape index (κ2) is 11.4. The van der Waals surface area contributed by atoms with E-state index in [1.807, 2.05) is 22.9 Å². The summed E-state index contributed by atoms with van der Waals surface area (Å²) in [4.78, 5) is 22.8. The van der Waals surface area contributed by atoms with Crippen molar-refractivity contribution in [2.75, 3.05) is 59.5 Å². The SMILES string of the molecule is C=C1C(Cc2ccc(F)cc2F)=CC2=C(N1C)C(C)(C)CN2C(=O)CN1C[C@@H](C)NC[C@@H]1CN1CCOC[C@H]1C.